The van der Waals surface area contributed by atoms with Gasteiger partial charge in [0.2, 0.25) is 0 Å². The standard InChI is InChI=1S/C15H20FN/c1-3-17-15(12-6-4-5-7-12)13-10-11(2)8-9-14(13)16/h6,8-10,15,17H,3-5,7H2,1-2H3. The predicted molar refractivity (Wildman–Crippen MR) is 69.5 cm³/mol. The molecule has 17 heavy (non-hydrogen) atoms. The fourth-order valence-corrected chi connectivity index (χ4v) is 2.49. The molecule has 0 heterocycles. The number of halogens is 1. The molecule has 1 aliphatic carbocycles. The van der Waals surface area contributed by atoms with Crippen molar-refractivity contribution in [3.8, 4) is 0 Å². The third kappa shape index (κ3) is 2.75. The van der Waals surface area contributed by atoms with Gasteiger partial charge in [0.25, 0.3) is 0 Å². The Balaban J connectivity index is 2.34. The van der Waals surface area contributed by atoms with Gasteiger partial charge in [0, 0.05) is 5.56 Å². The summed E-state index contributed by atoms with van der Waals surface area (Å²) in [5.41, 5.74) is 3.25. The van der Waals surface area contributed by atoms with Gasteiger partial charge in [0.05, 0.1) is 6.04 Å². The van der Waals surface area contributed by atoms with Crippen LogP contribution in [0.3, 0.4) is 0 Å². The molecule has 2 heteroatoms. The Kier molecular flexibility index (Phi) is 3.95. The van der Waals surface area contributed by atoms with Crippen LogP contribution in [0.15, 0.2) is 29.8 Å². The third-order valence-electron chi connectivity index (χ3n) is 3.32. The van der Waals surface area contributed by atoms with E-state index in [1.54, 1.807) is 6.07 Å². The number of allylic oxidation sites excluding steroid dienone is 1. The summed E-state index contributed by atoms with van der Waals surface area (Å²) in [5.74, 6) is -0.102. The van der Waals surface area contributed by atoms with Crippen LogP contribution in [-0.2, 0) is 0 Å². The number of rotatable bonds is 4. The van der Waals surface area contributed by atoms with Crippen LogP contribution in [-0.4, -0.2) is 6.54 Å². The second-order valence-electron chi connectivity index (χ2n) is 4.69. The molecule has 1 aromatic rings. The zero-order chi connectivity index (χ0) is 12.3. The van der Waals surface area contributed by atoms with Gasteiger partial charge < -0.3 is 5.32 Å². The molecule has 92 valence electrons. The summed E-state index contributed by atoms with van der Waals surface area (Å²) in [6.07, 6.45) is 5.68. The molecular weight excluding hydrogens is 213 g/mol. The molecule has 1 nitrogen and oxygen atoms in total. The molecule has 1 atom stereocenters. The first-order valence-electron chi connectivity index (χ1n) is 6.40. The summed E-state index contributed by atoms with van der Waals surface area (Å²) in [6, 6.07) is 5.42. The molecule has 0 saturated heterocycles. The summed E-state index contributed by atoms with van der Waals surface area (Å²) in [6.45, 7) is 4.93. The Morgan fingerprint density at radius 3 is 2.88 bits per heavy atom. The lowest BCUT2D eigenvalue weighted by atomic mass is 9.96. The van der Waals surface area contributed by atoms with Crippen LogP contribution in [0.25, 0.3) is 0 Å². The van der Waals surface area contributed by atoms with Crippen LogP contribution >= 0.6 is 0 Å². The van der Waals surface area contributed by atoms with Gasteiger partial charge >= 0.3 is 0 Å². The van der Waals surface area contributed by atoms with Gasteiger partial charge in [-0.05, 0) is 38.8 Å². The molecule has 0 radical (unpaired) electrons. The molecule has 0 aliphatic heterocycles. The van der Waals surface area contributed by atoms with Gasteiger partial charge in [-0.3, -0.25) is 0 Å². The van der Waals surface area contributed by atoms with E-state index in [-0.39, 0.29) is 11.9 Å². The molecule has 2 rings (SSSR count). The Morgan fingerprint density at radius 2 is 2.24 bits per heavy atom. The van der Waals surface area contributed by atoms with E-state index in [1.165, 1.54) is 12.0 Å². The van der Waals surface area contributed by atoms with Crippen molar-refractivity contribution in [3.05, 3.63) is 46.8 Å². The fourth-order valence-electron chi connectivity index (χ4n) is 2.49. The Morgan fingerprint density at radius 1 is 1.41 bits per heavy atom. The number of nitrogens with one attached hydrogen (secondary N) is 1. The maximum Gasteiger partial charge on any atom is 0.128 e. The van der Waals surface area contributed by atoms with E-state index in [9.17, 15) is 4.39 Å². The summed E-state index contributed by atoms with van der Waals surface area (Å²) in [5, 5.41) is 3.40. The van der Waals surface area contributed by atoms with Crippen molar-refractivity contribution in [3.63, 3.8) is 0 Å². The first-order valence-corrected chi connectivity index (χ1v) is 6.40. The highest BCUT2D eigenvalue weighted by Gasteiger charge is 2.20. The average molecular weight is 233 g/mol. The van der Waals surface area contributed by atoms with E-state index < -0.39 is 0 Å². The molecule has 1 N–H and O–H groups in total. The summed E-state index contributed by atoms with van der Waals surface area (Å²) < 4.78 is 13.9. The Hall–Kier alpha value is -1.15. The topological polar surface area (TPSA) is 12.0 Å². The van der Waals surface area contributed by atoms with Crippen LogP contribution in [0.5, 0.6) is 0 Å². The normalized spacial score (nSPS) is 17.0. The van der Waals surface area contributed by atoms with E-state index in [1.807, 2.05) is 19.1 Å². The van der Waals surface area contributed by atoms with Crippen LogP contribution in [0, 0.1) is 12.7 Å². The van der Waals surface area contributed by atoms with Crippen LogP contribution in [0.1, 0.15) is 43.4 Å². The highest BCUT2D eigenvalue weighted by atomic mass is 19.1. The molecule has 1 unspecified atom stereocenters. The number of likely N-dealkylation sites (N-methyl/N-ethyl adjacent to an activating group) is 1. The number of benzene rings is 1. The first kappa shape index (κ1) is 12.3. The van der Waals surface area contributed by atoms with Crippen LogP contribution < -0.4 is 5.32 Å². The SMILES string of the molecule is CCNC(C1=CCCC1)c1cc(C)ccc1F. The van der Waals surface area contributed by atoms with Crippen molar-refractivity contribution < 1.29 is 4.39 Å². The van der Waals surface area contributed by atoms with Crippen molar-refractivity contribution in [1.82, 2.24) is 5.32 Å². The summed E-state index contributed by atoms with van der Waals surface area (Å²) in [4.78, 5) is 0. The van der Waals surface area contributed by atoms with Crippen molar-refractivity contribution in [2.24, 2.45) is 0 Å². The quantitative estimate of drug-likeness (QED) is 0.778. The molecule has 0 aromatic heterocycles. The van der Waals surface area contributed by atoms with E-state index in [4.69, 9.17) is 0 Å². The van der Waals surface area contributed by atoms with Gasteiger partial charge in [-0.1, -0.05) is 36.3 Å². The van der Waals surface area contributed by atoms with Gasteiger partial charge in [-0.15, -0.1) is 0 Å². The molecule has 0 saturated carbocycles. The molecule has 1 aromatic carbocycles. The van der Waals surface area contributed by atoms with Crippen molar-refractivity contribution in [2.75, 3.05) is 6.54 Å². The van der Waals surface area contributed by atoms with Gasteiger partial charge in [0.15, 0.2) is 0 Å². The average Bonchev–Trinajstić information content (AvgIpc) is 2.83. The summed E-state index contributed by atoms with van der Waals surface area (Å²) in [7, 11) is 0. The zero-order valence-electron chi connectivity index (χ0n) is 10.6. The minimum atomic E-state index is -0.102. The zero-order valence-corrected chi connectivity index (χ0v) is 10.6. The second kappa shape index (κ2) is 5.46. The highest BCUT2D eigenvalue weighted by molar-refractivity contribution is 5.33. The largest absolute Gasteiger partial charge is 0.307 e. The molecule has 0 bridgehead atoms. The number of hydrogen-bond donors (Lipinski definition) is 1. The van der Waals surface area contributed by atoms with E-state index >= 15 is 0 Å². The molecule has 0 fully saturated rings. The minimum absolute atomic E-state index is 0.0578. The minimum Gasteiger partial charge on any atom is -0.307 e. The smallest absolute Gasteiger partial charge is 0.128 e. The van der Waals surface area contributed by atoms with E-state index in [0.717, 1.165) is 30.5 Å². The molecular formula is C15H20FN. The lowest BCUT2D eigenvalue weighted by Crippen LogP contribution is -2.23. The molecule has 1 aliphatic rings. The monoisotopic (exact) mass is 233 g/mol. The first-order chi connectivity index (χ1) is 8.22. The van der Waals surface area contributed by atoms with Crippen LogP contribution in [0.4, 0.5) is 4.39 Å². The van der Waals surface area contributed by atoms with Gasteiger partial charge in [-0.2, -0.15) is 0 Å². The van der Waals surface area contributed by atoms with Crippen molar-refractivity contribution in [1.29, 1.82) is 0 Å². The second-order valence-corrected chi connectivity index (χ2v) is 4.69. The highest BCUT2D eigenvalue weighted by Crippen LogP contribution is 2.32. The predicted octanol–water partition coefficient (Wildman–Crippen LogP) is 3.90. The molecule has 0 spiro atoms. The van der Waals surface area contributed by atoms with Crippen LogP contribution in [0.2, 0.25) is 0 Å². The lowest BCUT2D eigenvalue weighted by molar-refractivity contribution is 0.547. The van der Waals surface area contributed by atoms with Crippen molar-refractivity contribution in [2.45, 2.75) is 39.2 Å². The number of aryl methyl sites for hydroxylation is 1. The number of hydrogen-bond acceptors (Lipinski definition) is 1. The molecule has 0 amide bonds. The lowest BCUT2D eigenvalue weighted by Gasteiger charge is -2.21. The maximum absolute atomic E-state index is 13.9. The summed E-state index contributed by atoms with van der Waals surface area (Å²) >= 11 is 0. The Labute approximate surface area is 103 Å². The fraction of sp³-hybridized carbons (Fsp3) is 0.467. The Bertz CT molecular complexity index is 423. The van der Waals surface area contributed by atoms with Gasteiger partial charge in [-0.25, -0.2) is 4.39 Å². The van der Waals surface area contributed by atoms with E-state index in [2.05, 4.69) is 18.3 Å². The maximum atomic E-state index is 13.9. The third-order valence-corrected chi connectivity index (χ3v) is 3.32. The van der Waals surface area contributed by atoms with E-state index in [0.29, 0.717) is 0 Å². The van der Waals surface area contributed by atoms with Crippen molar-refractivity contribution >= 4 is 0 Å². The van der Waals surface area contributed by atoms with Gasteiger partial charge in [0.1, 0.15) is 5.82 Å².